The number of nitrogens with zero attached hydrogens (tertiary/aromatic N) is 1. The third-order valence-electron chi connectivity index (χ3n) is 2.27. The first-order chi connectivity index (χ1) is 10.4. The summed E-state index contributed by atoms with van der Waals surface area (Å²) in [6.07, 6.45) is -9.54. The van der Waals surface area contributed by atoms with Gasteiger partial charge in [0.2, 0.25) is 0 Å². The van der Waals surface area contributed by atoms with Crippen molar-refractivity contribution in [1.82, 2.24) is 0 Å². The van der Waals surface area contributed by atoms with Gasteiger partial charge in [0.25, 0.3) is 5.91 Å². The number of primary amides is 1. The molecule has 0 aliphatic rings. The first-order valence-corrected chi connectivity index (χ1v) is 5.70. The summed E-state index contributed by atoms with van der Waals surface area (Å²) in [6.45, 7) is -3.65. The quantitative estimate of drug-likeness (QED) is 0.834. The molecule has 11 heteroatoms. The summed E-state index contributed by atoms with van der Waals surface area (Å²) in [6, 6.07) is 2.96. The predicted molar refractivity (Wildman–Crippen MR) is 62.8 cm³/mol. The summed E-state index contributed by atoms with van der Waals surface area (Å²) in [5.41, 5.74) is 3.55. The van der Waals surface area contributed by atoms with Crippen LogP contribution in [-0.4, -0.2) is 31.5 Å². The molecule has 0 atom stereocenters. The first kappa shape index (κ1) is 18.4. The van der Waals surface area contributed by atoms with Crippen LogP contribution in [0.3, 0.4) is 0 Å². The van der Waals surface area contributed by atoms with E-state index in [-0.39, 0.29) is 0 Å². The lowest BCUT2D eigenvalue weighted by atomic mass is 10.1. The van der Waals surface area contributed by atoms with Gasteiger partial charge in [0, 0.05) is 0 Å². The van der Waals surface area contributed by atoms with Gasteiger partial charge in [0.05, 0.1) is 5.56 Å². The van der Waals surface area contributed by atoms with E-state index in [2.05, 4.69) is 9.47 Å². The smallest absolute Gasteiger partial charge is 0.422 e. The lowest BCUT2D eigenvalue weighted by Gasteiger charge is -2.16. The monoisotopic (exact) mass is 342 g/mol. The number of nitrogens with two attached hydrogens (primary N) is 1. The second-order valence-electron chi connectivity index (χ2n) is 4.10. The van der Waals surface area contributed by atoms with Crippen LogP contribution in [-0.2, 0) is 0 Å². The van der Waals surface area contributed by atoms with E-state index in [0.29, 0.717) is 0 Å². The van der Waals surface area contributed by atoms with Crippen molar-refractivity contribution in [2.24, 2.45) is 5.73 Å². The molecule has 0 fully saturated rings. The standard InChI is InChI=1S/C12H8F6N2O3/c13-11(14,15)4-22-8-2-1-6(10(20)21)9(7(8)3-19)23-5-12(16,17)18/h1-2H,4-5H2,(H2,20,21). The summed E-state index contributed by atoms with van der Waals surface area (Å²) in [7, 11) is 0. The van der Waals surface area contributed by atoms with Crippen molar-refractivity contribution < 1.29 is 40.6 Å². The van der Waals surface area contributed by atoms with Gasteiger partial charge in [-0.2, -0.15) is 31.6 Å². The molecule has 5 nitrogen and oxygen atoms in total. The van der Waals surface area contributed by atoms with Crippen molar-refractivity contribution in [3.63, 3.8) is 0 Å². The predicted octanol–water partition coefficient (Wildman–Crippen LogP) is 2.54. The number of nitriles is 1. The number of carbonyl (C=O) groups excluding carboxylic acids is 1. The van der Waals surface area contributed by atoms with E-state index >= 15 is 0 Å². The van der Waals surface area contributed by atoms with Crippen LogP contribution in [0, 0.1) is 11.3 Å². The largest absolute Gasteiger partial charge is 0.483 e. The fraction of sp³-hybridized carbons (Fsp3) is 0.333. The Bertz CT molecular complexity index is 633. The Morgan fingerprint density at radius 1 is 1.09 bits per heavy atom. The van der Waals surface area contributed by atoms with Crippen molar-refractivity contribution in [1.29, 1.82) is 5.26 Å². The summed E-state index contributed by atoms with van der Waals surface area (Å²) < 4.78 is 81.7. The molecule has 0 radical (unpaired) electrons. The van der Waals surface area contributed by atoms with Crippen molar-refractivity contribution in [2.75, 3.05) is 13.2 Å². The van der Waals surface area contributed by atoms with Gasteiger partial charge in [-0.25, -0.2) is 0 Å². The Morgan fingerprint density at radius 3 is 2.04 bits per heavy atom. The zero-order chi connectivity index (χ0) is 17.8. The maximum absolute atomic E-state index is 12.2. The lowest BCUT2D eigenvalue weighted by Crippen LogP contribution is -2.23. The number of carbonyl (C=O) groups is 1. The van der Waals surface area contributed by atoms with E-state index in [1.165, 1.54) is 6.07 Å². The highest BCUT2D eigenvalue weighted by Crippen LogP contribution is 2.33. The van der Waals surface area contributed by atoms with Crippen LogP contribution in [0.15, 0.2) is 12.1 Å². The van der Waals surface area contributed by atoms with Crippen molar-refractivity contribution in [3.8, 4) is 17.6 Å². The number of alkyl halides is 6. The van der Waals surface area contributed by atoms with Gasteiger partial charge in [-0.3, -0.25) is 4.79 Å². The summed E-state index contributed by atoms with van der Waals surface area (Å²) in [5, 5.41) is 8.94. The van der Waals surface area contributed by atoms with E-state index in [9.17, 15) is 31.1 Å². The van der Waals surface area contributed by atoms with Crippen molar-refractivity contribution in [2.45, 2.75) is 12.4 Å². The molecular formula is C12H8F6N2O3. The summed E-state index contributed by atoms with van der Waals surface area (Å²) >= 11 is 0. The van der Waals surface area contributed by atoms with E-state index in [4.69, 9.17) is 11.0 Å². The average molecular weight is 342 g/mol. The van der Waals surface area contributed by atoms with Gasteiger partial charge in [-0.1, -0.05) is 0 Å². The van der Waals surface area contributed by atoms with Crippen LogP contribution >= 0.6 is 0 Å². The Balaban J connectivity index is 3.26. The molecule has 1 aromatic carbocycles. The molecule has 0 unspecified atom stereocenters. The normalized spacial score (nSPS) is 11.7. The van der Waals surface area contributed by atoms with E-state index < -0.39 is 54.1 Å². The number of halogens is 6. The van der Waals surface area contributed by atoms with Gasteiger partial charge < -0.3 is 15.2 Å². The maximum atomic E-state index is 12.2. The number of ether oxygens (including phenoxy) is 2. The second kappa shape index (κ2) is 6.64. The van der Waals surface area contributed by atoms with Crippen LogP contribution in [0.25, 0.3) is 0 Å². The zero-order valence-corrected chi connectivity index (χ0v) is 11.1. The molecular weight excluding hydrogens is 334 g/mol. The molecule has 0 aliphatic carbocycles. The molecule has 0 aromatic heterocycles. The number of hydrogen-bond acceptors (Lipinski definition) is 4. The Hall–Kier alpha value is -2.64. The molecule has 0 bridgehead atoms. The van der Waals surface area contributed by atoms with Crippen LogP contribution in [0.4, 0.5) is 26.3 Å². The Labute approximate surface area is 125 Å². The fourth-order valence-corrected chi connectivity index (χ4v) is 1.45. The molecule has 0 aliphatic heterocycles. The minimum absolute atomic E-state index is 0.592. The van der Waals surface area contributed by atoms with Gasteiger partial charge in [-0.05, 0) is 12.1 Å². The molecule has 0 heterocycles. The number of rotatable bonds is 5. The van der Waals surface area contributed by atoms with Crippen molar-refractivity contribution in [3.05, 3.63) is 23.3 Å². The molecule has 23 heavy (non-hydrogen) atoms. The SMILES string of the molecule is N#Cc1c(OCC(F)(F)F)ccc(C(N)=O)c1OCC(F)(F)F. The third kappa shape index (κ3) is 5.57. The van der Waals surface area contributed by atoms with Crippen LogP contribution in [0.1, 0.15) is 15.9 Å². The highest BCUT2D eigenvalue weighted by molar-refractivity contribution is 5.97. The van der Waals surface area contributed by atoms with Crippen LogP contribution in [0.2, 0.25) is 0 Å². The molecule has 0 spiro atoms. The number of benzene rings is 1. The molecule has 126 valence electrons. The van der Waals surface area contributed by atoms with E-state index in [1.807, 2.05) is 0 Å². The maximum Gasteiger partial charge on any atom is 0.422 e. The molecule has 1 rings (SSSR count). The molecule has 0 saturated heterocycles. The summed E-state index contributed by atoms with van der Waals surface area (Å²) in [5.74, 6) is -2.80. The van der Waals surface area contributed by atoms with Crippen LogP contribution in [0.5, 0.6) is 11.5 Å². The second-order valence-corrected chi connectivity index (χ2v) is 4.10. The summed E-state index contributed by atoms with van der Waals surface area (Å²) in [4.78, 5) is 11.2. The zero-order valence-electron chi connectivity index (χ0n) is 11.1. The number of hydrogen-bond donors (Lipinski definition) is 1. The fourth-order valence-electron chi connectivity index (χ4n) is 1.45. The minimum atomic E-state index is -4.80. The topological polar surface area (TPSA) is 85.3 Å². The van der Waals surface area contributed by atoms with Crippen LogP contribution < -0.4 is 15.2 Å². The van der Waals surface area contributed by atoms with Crippen molar-refractivity contribution >= 4 is 5.91 Å². The molecule has 0 saturated carbocycles. The Morgan fingerprint density at radius 2 is 1.61 bits per heavy atom. The average Bonchev–Trinajstić information content (AvgIpc) is 2.40. The van der Waals surface area contributed by atoms with Gasteiger partial charge in [-0.15, -0.1) is 0 Å². The van der Waals surface area contributed by atoms with Gasteiger partial charge in [0.1, 0.15) is 17.4 Å². The third-order valence-corrected chi connectivity index (χ3v) is 2.27. The minimum Gasteiger partial charge on any atom is -0.483 e. The van der Waals surface area contributed by atoms with Gasteiger partial charge in [0.15, 0.2) is 19.0 Å². The molecule has 1 amide bonds. The highest BCUT2D eigenvalue weighted by Gasteiger charge is 2.32. The molecule has 2 N–H and O–H groups in total. The van der Waals surface area contributed by atoms with Gasteiger partial charge >= 0.3 is 12.4 Å². The number of amides is 1. The molecule has 1 aromatic rings. The highest BCUT2D eigenvalue weighted by atomic mass is 19.4. The Kier molecular flexibility index (Phi) is 5.31. The van der Waals surface area contributed by atoms with E-state index in [1.54, 1.807) is 0 Å². The lowest BCUT2D eigenvalue weighted by molar-refractivity contribution is -0.154. The van der Waals surface area contributed by atoms with E-state index in [0.717, 1.165) is 12.1 Å². The first-order valence-electron chi connectivity index (χ1n) is 5.70.